The van der Waals surface area contributed by atoms with Crippen LogP contribution in [0.2, 0.25) is 0 Å². The van der Waals surface area contributed by atoms with Crippen LogP contribution >= 0.6 is 23.1 Å². The number of fused-ring (bicyclic) bond motifs is 9. The Hall–Kier alpha value is -3.66. The van der Waals surface area contributed by atoms with Crippen molar-refractivity contribution in [1.29, 1.82) is 0 Å². The molecule has 3 heterocycles. The second kappa shape index (κ2) is 10.5. The minimum absolute atomic E-state index is 0.0000354. The number of anilines is 1. The van der Waals surface area contributed by atoms with Crippen molar-refractivity contribution in [2.45, 2.75) is 27.5 Å². The average Bonchev–Trinajstić information content (AvgIpc) is 3.72. The topological polar surface area (TPSA) is 178 Å². The zero-order chi connectivity index (χ0) is 31.1. The highest BCUT2D eigenvalue weighted by Gasteiger charge is 2.69. The molecule has 1 saturated heterocycles. The molecule has 2 aliphatic heterocycles. The number of carbonyl (C=O) groups excluding carboxylic acids is 3. The Bertz CT molecular complexity index is 1870. The number of hydrogen-bond donors (Lipinski definition) is 3. The number of rotatable bonds is 7. The number of nitrogens with two attached hydrogens (primary N) is 1. The molecule has 6 unspecified atom stereocenters. The number of aromatic nitrogens is 1. The highest BCUT2D eigenvalue weighted by molar-refractivity contribution is 8.00. The SMILES string of the molecule is COc1ccc([C@H]2c3sc(=O)[nH]c3SC3C4CC(C5C(=O)N(CC(=O)Nc6ccc(S(N)(=O)=O)cc6)C(=O)C45)C32)cc1OC. The minimum atomic E-state index is -3.89. The summed E-state index contributed by atoms with van der Waals surface area (Å²) in [5.74, 6) is -1.59. The molecular weight excluding hydrogens is 629 g/mol. The summed E-state index contributed by atoms with van der Waals surface area (Å²) in [6.45, 7) is -0.441. The first kappa shape index (κ1) is 29.1. The van der Waals surface area contributed by atoms with E-state index in [2.05, 4.69) is 10.3 Å². The molecule has 44 heavy (non-hydrogen) atoms. The molecule has 7 atom stereocenters. The lowest BCUT2D eigenvalue weighted by molar-refractivity contribution is -0.143. The number of H-pyrrole nitrogens is 1. The number of hydrogen-bond acceptors (Lipinski definition) is 10. The first-order valence-electron chi connectivity index (χ1n) is 13.9. The molecular formula is C29H28N4O8S3. The van der Waals surface area contributed by atoms with Crippen LogP contribution in [0.15, 0.2) is 57.2 Å². The number of imide groups is 1. The Morgan fingerprint density at radius 1 is 1.02 bits per heavy atom. The molecule has 1 aromatic heterocycles. The van der Waals surface area contributed by atoms with Crippen molar-refractivity contribution in [3.05, 3.63) is 62.6 Å². The fraction of sp³-hybridized carbons (Fsp3) is 0.379. The van der Waals surface area contributed by atoms with E-state index in [9.17, 15) is 27.6 Å². The molecule has 4 N–H and O–H groups in total. The van der Waals surface area contributed by atoms with Crippen LogP contribution in [0, 0.1) is 29.6 Å². The Morgan fingerprint density at radius 2 is 1.70 bits per heavy atom. The number of carbonyl (C=O) groups is 3. The molecule has 3 amide bonds. The van der Waals surface area contributed by atoms with E-state index in [1.807, 2.05) is 18.2 Å². The van der Waals surface area contributed by atoms with Gasteiger partial charge < -0.3 is 19.8 Å². The Morgan fingerprint density at radius 3 is 2.36 bits per heavy atom. The van der Waals surface area contributed by atoms with Crippen LogP contribution in [0.25, 0.3) is 0 Å². The summed E-state index contributed by atoms with van der Waals surface area (Å²) < 4.78 is 34.0. The third kappa shape index (κ3) is 4.47. The van der Waals surface area contributed by atoms with Crippen molar-refractivity contribution >= 4 is 56.5 Å². The van der Waals surface area contributed by atoms with Crippen molar-refractivity contribution in [1.82, 2.24) is 9.88 Å². The molecule has 4 aliphatic rings. The summed E-state index contributed by atoms with van der Waals surface area (Å²) in [6, 6.07) is 11.0. The number of thioether (sulfide) groups is 1. The molecule has 3 fully saturated rings. The first-order valence-corrected chi connectivity index (χ1v) is 17.1. The van der Waals surface area contributed by atoms with Gasteiger partial charge in [-0.05, 0) is 66.1 Å². The third-order valence-corrected chi connectivity index (χ3v) is 12.9. The Kier molecular flexibility index (Phi) is 6.91. The van der Waals surface area contributed by atoms with Crippen LogP contribution in [0.5, 0.6) is 11.5 Å². The largest absolute Gasteiger partial charge is 0.493 e. The number of benzene rings is 2. The smallest absolute Gasteiger partial charge is 0.305 e. The summed E-state index contributed by atoms with van der Waals surface area (Å²) in [7, 11) is -0.758. The molecule has 2 aromatic carbocycles. The van der Waals surface area contributed by atoms with Gasteiger partial charge in [0.2, 0.25) is 27.7 Å². The molecule has 0 radical (unpaired) electrons. The zero-order valence-corrected chi connectivity index (χ0v) is 26.0. The standard InChI is InChI=1S/C29H28N4O8S3/c1-40-17-8-3-12(9-18(17)41-2)20-21-15-10-16(24(21)42-26-25(20)43-29(37)32-26)23-22(15)27(35)33(28(23)36)11-19(34)31-13-4-6-14(7-5-13)44(30,38)39/h3-9,15-16,20-24H,10-11H2,1-2H3,(H,31,34)(H,32,37)(H2,30,38,39)/t15?,16?,20-,21?,22?,23?,24?/m1/s1. The summed E-state index contributed by atoms with van der Waals surface area (Å²) in [6.07, 6.45) is 0.717. The highest BCUT2D eigenvalue weighted by atomic mass is 32.2. The molecule has 230 valence electrons. The normalized spacial score (nSPS) is 28.4. The van der Waals surface area contributed by atoms with Gasteiger partial charge in [-0.2, -0.15) is 0 Å². The number of likely N-dealkylation sites (tertiary alicyclic amines) is 1. The van der Waals surface area contributed by atoms with E-state index in [0.29, 0.717) is 23.6 Å². The number of nitrogens with one attached hydrogen (secondary N) is 2. The Labute approximate surface area is 260 Å². The molecule has 12 nitrogen and oxygen atoms in total. The summed E-state index contributed by atoms with van der Waals surface area (Å²) in [5, 5.41) is 8.55. The van der Waals surface area contributed by atoms with Gasteiger partial charge in [-0.1, -0.05) is 17.4 Å². The minimum Gasteiger partial charge on any atom is -0.493 e. The molecule has 0 spiro atoms. The van der Waals surface area contributed by atoms with Crippen molar-refractivity contribution < 1.29 is 32.3 Å². The maximum atomic E-state index is 13.8. The second-order valence-electron chi connectivity index (χ2n) is 11.5. The highest BCUT2D eigenvalue weighted by Crippen LogP contribution is 2.68. The van der Waals surface area contributed by atoms with Crippen LogP contribution in [0.4, 0.5) is 5.69 Å². The first-order chi connectivity index (χ1) is 21.0. The lowest BCUT2D eigenvalue weighted by atomic mass is 9.68. The number of amides is 3. The number of sulfonamides is 1. The fourth-order valence-corrected chi connectivity index (χ4v) is 11.1. The monoisotopic (exact) mass is 656 g/mol. The number of ether oxygens (including phenoxy) is 2. The van der Waals surface area contributed by atoms with Crippen molar-refractivity contribution in [3.63, 3.8) is 0 Å². The molecule has 2 bridgehead atoms. The molecule has 7 rings (SSSR count). The van der Waals surface area contributed by atoms with Crippen LogP contribution in [-0.2, 0) is 24.4 Å². The van der Waals surface area contributed by atoms with Crippen LogP contribution in [0.3, 0.4) is 0 Å². The van der Waals surface area contributed by atoms with Crippen molar-refractivity contribution in [2.75, 3.05) is 26.1 Å². The predicted octanol–water partition coefficient (Wildman–Crippen LogP) is 2.21. The maximum Gasteiger partial charge on any atom is 0.305 e. The van der Waals surface area contributed by atoms with Crippen LogP contribution in [-0.4, -0.2) is 62.0 Å². The average molecular weight is 657 g/mol. The van der Waals surface area contributed by atoms with Gasteiger partial charge in [-0.3, -0.25) is 24.1 Å². The van der Waals surface area contributed by atoms with Gasteiger partial charge in [0.1, 0.15) is 6.54 Å². The fourth-order valence-electron chi connectivity index (χ4n) is 7.73. The van der Waals surface area contributed by atoms with Crippen LogP contribution in [0.1, 0.15) is 22.8 Å². The predicted molar refractivity (Wildman–Crippen MR) is 161 cm³/mol. The number of thiazole rings is 1. The van der Waals surface area contributed by atoms with E-state index in [0.717, 1.165) is 20.4 Å². The number of primary sulfonamides is 1. The zero-order valence-electron chi connectivity index (χ0n) is 23.5. The molecule has 3 aromatic rings. The van der Waals surface area contributed by atoms with E-state index in [1.165, 1.54) is 35.6 Å². The van der Waals surface area contributed by atoms with Gasteiger partial charge >= 0.3 is 4.87 Å². The van der Waals surface area contributed by atoms with Crippen LogP contribution < -0.4 is 24.8 Å². The van der Waals surface area contributed by atoms with E-state index in [-0.39, 0.29) is 50.5 Å². The molecule has 2 aliphatic carbocycles. The van der Waals surface area contributed by atoms with Gasteiger partial charge in [-0.25, -0.2) is 13.6 Å². The van der Waals surface area contributed by atoms with E-state index in [1.54, 1.807) is 26.0 Å². The van der Waals surface area contributed by atoms with Gasteiger partial charge in [0, 0.05) is 21.7 Å². The van der Waals surface area contributed by atoms with Gasteiger partial charge in [0.25, 0.3) is 0 Å². The molecule has 15 heteroatoms. The van der Waals surface area contributed by atoms with Gasteiger partial charge in [-0.15, -0.1) is 11.8 Å². The lowest BCUT2D eigenvalue weighted by Gasteiger charge is -2.43. The lowest BCUT2D eigenvalue weighted by Crippen LogP contribution is -2.42. The summed E-state index contributed by atoms with van der Waals surface area (Å²) in [5.41, 5.74) is 1.25. The van der Waals surface area contributed by atoms with E-state index < -0.39 is 34.3 Å². The van der Waals surface area contributed by atoms with E-state index in [4.69, 9.17) is 14.6 Å². The summed E-state index contributed by atoms with van der Waals surface area (Å²) in [4.78, 5) is 57.7. The van der Waals surface area contributed by atoms with Gasteiger partial charge in [0.15, 0.2) is 11.5 Å². The van der Waals surface area contributed by atoms with E-state index >= 15 is 0 Å². The van der Waals surface area contributed by atoms with Crippen molar-refractivity contribution in [3.8, 4) is 11.5 Å². The number of methoxy groups -OCH3 is 2. The summed E-state index contributed by atoms with van der Waals surface area (Å²) >= 11 is 2.76. The maximum absolute atomic E-state index is 13.8. The third-order valence-electron chi connectivity index (χ3n) is 9.35. The molecule has 2 saturated carbocycles. The number of aromatic amines is 1. The Balaban J connectivity index is 1.16. The number of nitrogens with zero attached hydrogens (tertiary/aromatic N) is 1. The quantitative estimate of drug-likeness (QED) is 0.322. The van der Waals surface area contributed by atoms with Gasteiger partial charge in [0.05, 0.1) is 36.0 Å². The van der Waals surface area contributed by atoms with Crippen molar-refractivity contribution in [2.24, 2.45) is 34.7 Å². The second-order valence-corrected chi connectivity index (χ2v) is 15.2.